The summed E-state index contributed by atoms with van der Waals surface area (Å²) in [7, 11) is 1.98. The van der Waals surface area contributed by atoms with Crippen LogP contribution in [0.4, 0.5) is 4.39 Å². The summed E-state index contributed by atoms with van der Waals surface area (Å²) in [6.07, 6.45) is 1.96. The molecule has 1 N–H and O–H groups in total. The smallest absolute Gasteiger partial charge is 0.123 e. The maximum atomic E-state index is 13.1. The van der Waals surface area contributed by atoms with Crippen LogP contribution in [-0.4, -0.2) is 7.05 Å². The van der Waals surface area contributed by atoms with Crippen molar-refractivity contribution >= 4 is 0 Å². The van der Waals surface area contributed by atoms with Gasteiger partial charge in [0.1, 0.15) is 5.82 Å². The lowest BCUT2D eigenvalue weighted by Gasteiger charge is -2.17. The lowest BCUT2D eigenvalue weighted by atomic mass is 9.97. The third-order valence-electron chi connectivity index (χ3n) is 3.56. The maximum Gasteiger partial charge on any atom is 0.123 e. The van der Waals surface area contributed by atoms with Crippen LogP contribution in [0.2, 0.25) is 0 Å². The van der Waals surface area contributed by atoms with E-state index in [0.717, 1.165) is 18.4 Å². The lowest BCUT2D eigenvalue weighted by Crippen LogP contribution is -2.17. The summed E-state index contributed by atoms with van der Waals surface area (Å²) in [6, 6.07) is 15.8. The highest BCUT2D eigenvalue weighted by atomic mass is 19.1. The standard InChI is InChI=1S/C17H20FN/c1-13-12-16(18)10-8-14(13)9-11-17(19-2)15-6-4-3-5-7-15/h3-8,10,12,17,19H,9,11H2,1-2H3. The highest BCUT2D eigenvalue weighted by Gasteiger charge is 2.09. The van der Waals surface area contributed by atoms with Crippen molar-refractivity contribution in [1.29, 1.82) is 0 Å². The molecule has 0 saturated carbocycles. The molecule has 0 aliphatic rings. The van der Waals surface area contributed by atoms with Gasteiger partial charge in [0.15, 0.2) is 0 Å². The molecule has 0 bridgehead atoms. The van der Waals surface area contributed by atoms with E-state index in [9.17, 15) is 4.39 Å². The number of rotatable bonds is 5. The minimum atomic E-state index is -0.158. The van der Waals surface area contributed by atoms with Gasteiger partial charge in [0.05, 0.1) is 0 Å². The van der Waals surface area contributed by atoms with Crippen LogP contribution in [0.5, 0.6) is 0 Å². The second-order valence-corrected chi connectivity index (χ2v) is 4.86. The fourth-order valence-corrected chi connectivity index (χ4v) is 2.40. The number of halogens is 1. The molecule has 0 radical (unpaired) electrons. The molecule has 0 aliphatic heterocycles. The molecule has 0 saturated heterocycles. The van der Waals surface area contributed by atoms with E-state index < -0.39 is 0 Å². The summed E-state index contributed by atoms with van der Waals surface area (Å²) >= 11 is 0. The van der Waals surface area contributed by atoms with Gasteiger partial charge in [-0.3, -0.25) is 0 Å². The molecule has 0 aliphatic carbocycles. The zero-order valence-electron chi connectivity index (χ0n) is 11.5. The second-order valence-electron chi connectivity index (χ2n) is 4.86. The maximum absolute atomic E-state index is 13.1. The van der Waals surface area contributed by atoms with E-state index in [1.165, 1.54) is 11.1 Å². The summed E-state index contributed by atoms with van der Waals surface area (Å²) in [5.41, 5.74) is 3.55. The SMILES string of the molecule is CNC(CCc1ccc(F)cc1C)c1ccccc1. The van der Waals surface area contributed by atoms with Gasteiger partial charge in [-0.2, -0.15) is 0 Å². The average Bonchev–Trinajstić information content (AvgIpc) is 2.43. The van der Waals surface area contributed by atoms with Gasteiger partial charge in [-0.1, -0.05) is 36.4 Å². The zero-order chi connectivity index (χ0) is 13.7. The molecular weight excluding hydrogens is 237 g/mol. The van der Waals surface area contributed by atoms with Crippen LogP contribution in [0.25, 0.3) is 0 Å². The summed E-state index contributed by atoms with van der Waals surface area (Å²) in [4.78, 5) is 0. The Balaban J connectivity index is 2.04. The van der Waals surface area contributed by atoms with E-state index in [1.54, 1.807) is 12.1 Å². The molecule has 1 unspecified atom stereocenters. The molecule has 2 rings (SSSR count). The summed E-state index contributed by atoms with van der Waals surface area (Å²) in [5.74, 6) is -0.158. The molecule has 2 heteroatoms. The van der Waals surface area contributed by atoms with Crippen LogP contribution in [0, 0.1) is 12.7 Å². The Morgan fingerprint density at radius 1 is 1.11 bits per heavy atom. The van der Waals surface area contributed by atoms with E-state index in [1.807, 2.05) is 26.1 Å². The molecule has 1 nitrogen and oxygen atoms in total. The van der Waals surface area contributed by atoms with Crippen LogP contribution in [-0.2, 0) is 6.42 Å². The van der Waals surface area contributed by atoms with Crippen LogP contribution in [0.15, 0.2) is 48.5 Å². The van der Waals surface area contributed by atoms with Gasteiger partial charge in [0, 0.05) is 6.04 Å². The Hall–Kier alpha value is -1.67. The monoisotopic (exact) mass is 257 g/mol. The Morgan fingerprint density at radius 3 is 2.47 bits per heavy atom. The third-order valence-corrected chi connectivity index (χ3v) is 3.56. The molecule has 0 aromatic heterocycles. The Kier molecular flexibility index (Phi) is 4.69. The molecule has 0 amide bonds. The Bertz CT molecular complexity index is 522. The summed E-state index contributed by atoms with van der Waals surface area (Å²) < 4.78 is 13.1. The van der Waals surface area contributed by atoms with Crippen molar-refractivity contribution in [2.24, 2.45) is 0 Å². The first kappa shape index (κ1) is 13.8. The largest absolute Gasteiger partial charge is 0.313 e. The second kappa shape index (κ2) is 6.48. The minimum absolute atomic E-state index is 0.158. The van der Waals surface area contributed by atoms with Crippen molar-refractivity contribution in [3.8, 4) is 0 Å². The first-order chi connectivity index (χ1) is 9.20. The van der Waals surface area contributed by atoms with Gasteiger partial charge in [0.25, 0.3) is 0 Å². The number of hydrogen-bond donors (Lipinski definition) is 1. The third kappa shape index (κ3) is 3.65. The van der Waals surface area contributed by atoms with Crippen molar-refractivity contribution < 1.29 is 4.39 Å². The van der Waals surface area contributed by atoms with Crippen molar-refractivity contribution in [1.82, 2.24) is 5.32 Å². The summed E-state index contributed by atoms with van der Waals surface area (Å²) in [6.45, 7) is 1.97. The van der Waals surface area contributed by atoms with Gasteiger partial charge in [0.2, 0.25) is 0 Å². The molecular formula is C17H20FN. The zero-order valence-corrected chi connectivity index (χ0v) is 11.5. The molecule has 19 heavy (non-hydrogen) atoms. The minimum Gasteiger partial charge on any atom is -0.313 e. The lowest BCUT2D eigenvalue weighted by molar-refractivity contribution is 0.548. The van der Waals surface area contributed by atoms with Crippen molar-refractivity contribution in [3.05, 3.63) is 71.0 Å². The van der Waals surface area contributed by atoms with Crippen LogP contribution < -0.4 is 5.32 Å². The van der Waals surface area contributed by atoms with E-state index in [0.29, 0.717) is 6.04 Å². The molecule has 100 valence electrons. The predicted octanol–water partition coefficient (Wildman–Crippen LogP) is 4.03. The van der Waals surface area contributed by atoms with Crippen LogP contribution >= 0.6 is 0 Å². The highest BCUT2D eigenvalue weighted by Crippen LogP contribution is 2.20. The normalized spacial score (nSPS) is 12.4. The van der Waals surface area contributed by atoms with Crippen LogP contribution in [0.3, 0.4) is 0 Å². The van der Waals surface area contributed by atoms with E-state index in [-0.39, 0.29) is 5.82 Å². The number of hydrogen-bond acceptors (Lipinski definition) is 1. The number of nitrogens with one attached hydrogen (secondary N) is 1. The average molecular weight is 257 g/mol. The van der Waals surface area contributed by atoms with Gasteiger partial charge < -0.3 is 5.32 Å². The molecule has 1 atom stereocenters. The molecule has 0 spiro atoms. The molecule has 0 heterocycles. The van der Waals surface area contributed by atoms with Crippen LogP contribution in [0.1, 0.15) is 29.2 Å². The van der Waals surface area contributed by atoms with Gasteiger partial charge in [-0.15, -0.1) is 0 Å². The van der Waals surface area contributed by atoms with Gasteiger partial charge >= 0.3 is 0 Å². The molecule has 2 aromatic carbocycles. The van der Waals surface area contributed by atoms with Gasteiger partial charge in [-0.25, -0.2) is 4.39 Å². The molecule has 2 aromatic rings. The topological polar surface area (TPSA) is 12.0 Å². The first-order valence-electron chi connectivity index (χ1n) is 6.68. The Morgan fingerprint density at radius 2 is 1.84 bits per heavy atom. The number of benzene rings is 2. The summed E-state index contributed by atoms with van der Waals surface area (Å²) in [5, 5.41) is 3.35. The quantitative estimate of drug-likeness (QED) is 0.852. The van der Waals surface area contributed by atoms with E-state index in [2.05, 4.69) is 29.6 Å². The van der Waals surface area contributed by atoms with Crippen molar-refractivity contribution in [2.75, 3.05) is 7.05 Å². The number of aryl methyl sites for hydroxylation is 2. The predicted molar refractivity (Wildman–Crippen MR) is 77.7 cm³/mol. The Labute approximate surface area is 114 Å². The highest BCUT2D eigenvalue weighted by molar-refractivity contribution is 5.27. The fourth-order valence-electron chi connectivity index (χ4n) is 2.40. The van der Waals surface area contributed by atoms with Crippen molar-refractivity contribution in [2.45, 2.75) is 25.8 Å². The van der Waals surface area contributed by atoms with Gasteiger partial charge in [-0.05, 0) is 55.6 Å². The van der Waals surface area contributed by atoms with E-state index in [4.69, 9.17) is 0 Å². The molecule has 0 fully saturated rings. The van der Waals surface area contributed by atoms with Crippen molar-refractivity contribution in [3.63, 3.8) is 0 Å². The first-order valence-corrected chi connectivity index (χ1v) is 6.68. The van der Waals surface area contributed by atoms with E-state index >= 15 is 0 Å². The fraction of sp³-hybridized carbons (Fsp3) is 0.294.